The summed E-state index contributed by atoms with van der Waals surface area (Å²) < 4.78 is 62.3. The highest BCUT2D eigenvalue weighted by atomic mass is 19.1. The van der Waals surface area contributed by atoms with E-state index in [-0.39, 0.29) is 57.8 Å². The van der Waals surface area contributed by atoms with Gasteiger partial charge < -0.3 is 29.8 Å². The molecule has 7 rings (SSSR count). The predicted molar refractivity (Wildman–Crippen MR) is 145 cm³/mol. The smallest absolute Gasteiger partial charge is 0.319 e. The monoisotopic (exact) mass is 570 g/mol. The second kappa shape index (κ2) is 9.87. The first-order valence-corrected chi connectivity index (χ1v) is 13.6. The Morgan fingerprint density at radius 3 is 2.73 bits per heavy atom. The zero-order chi connectivity index (χ0) is 28.3. The standard InChI is InChI=1S/C27H29F3N8O3/c1-39-24-17(15-3-4-16(29)22-19(15)34-25(31)41-22)18(30)20-21(33-24)23(37-9-6-32-7-10-37)36-26(35-20)40-13-27-5-2-8-38(27)12-14(28)11-27/h3-4,14,32H,2,5-13H2,1H3,(H2,31,34)/t14-,27+/m1/s1. The van der Waals surface area contributed by atoms with E-state index in [1.165, 1.54) is 13.2 Å². The number of ether oxygens (including phenoxy) is 2. The van der Waals surface area contributed by atoms with Crippen molar-refractivity contribution in [3.8, 4) is 23.0 Å². The number of nitrogens with two attached hydrogens (primary N) is 1. The fourth-order valence-corrected chi connectivity index (χ4v) is 6.43. The van der Waals surface area contributed by atoms with Gasteiger partial charge in [-0.05, 0) is 31.5 Å². The van der Waals surface area contributed by atoms with E-state index in [9.17, 15) is 8.78 Å². The summed E-state index contributed by atoms with van der Waals surface area (Å²) in [5.41, 5.74) is 5.28. The van der Waals surface area contributed by atoms with Crippen molar-refractivity contribution in [3.05, 3.63) is 23.8 Å². The zero-order valence-electron chi connectivity index (χ0n) is 22.4. The normalized spacial score (nSPS) is 23.0. The molecule has 0 bridgehead atoms. The fraction of sp³-hybridized carbons (Fsp3) is 0.481. The maximum atomic E-state index is 16.6. The number of piperazine rings is 1. The topological polar surface area (TPSA) is 128 Å². The van der Waals surface area contributed by atoms with E-state index in [1.54, 1.807) is 0 Å². The summed E-state index contributed by atoms with van der Waals surface area (Å²) in [5, 5.41) is 3.29. The number of nitrogen functional groups attached to an aromatic ring is 1. The first-order valence-electron chi connectivity index (χ1n) is 13.6. The molecule has 0 spiro atoms. The molecule has 3 aliphatic heterocycles. The number of rotatable bonds is 6. The number of halogens is 3. The number of alkyl halides is 1. The van der Waals surface area contributed by atoms with E-state index in [0.717, 1.165) is 25.5 Å². The number of fused-ring (bicyclic) bond motifs is 3. The van der Waals surface area contributed by atoms with Crippen LogP contribution in [0.25, 0.3) is 33.3 Å². The number of benzene rings is 1. The van der Waals surface area contributed by atoms with Crippen molar-refractivity contribution < 1.29 is 27.1 Å². The van der Waals surface area contributed by atoms with Gasteiger partial charge in [-0.15, -0.1) is 0 Å². The molecule has 3 fully saturated rings. The average Bonchev–Trinajstić information content (AvgIpc) is 3.64. The van der Waals surface area contributed by atoms with Crippen molar-refractivity contribution in [2.75, 3.05) is 63.6 Å². The Hall–Kier alpha value is -3.91. The maximum absolute atomic E-state index is 16.6. The molecule has 216 valence electrons. The number of aromatic nitrogens is 4. The number of oxazole rings is 1. The van der Waals surface area contributed by atoms with Gasteiger partial charge in [-0.25, -0.2) is 18.2 Å². The van der Waals surface area contributed by atoms with E-state index >= 15 is 4.39 Å². The molecular formula is C27H29F3N8O3. The van der Waals surface area contributed by atoms with Crippen LogP contribution in [0.1, 0.15) is 19.3 Å². The number of methoxy groups -OCH3 is 1. The lowest BCUT2D eigenvalue weighted by Gasteiger charge is -2.31. The van der Waals surface area contributed by atoms with Gasteiger partial charge in [0.25, 0.3) is 6.01 Å². The largest absolute Gasteiger partial charge is 0.480 e. The molecule has 3 saturated heterocycles. The molecule has 0 radical (unpaired) electrons. The van der Waals surface area contributed by atoms with Gasteiger partial charge >= 0.3 is 6.01 Å². The molecule has 11 nitrogen and oxygen atoms in total. The van der Waals surface area contributed by atoms with Gasteiger partial charge in [0.05, 0.1) is 18.2 Å². The lowest BCUT2D eigenvalue weighted by molar-refractivity contribution is 0.107. The van der Waals surface area contributed by atoms with E-state index < -0.39 is 23.3 Å². The Kier molecular flexibility index (Phi) is 6.27. The third-order valence-corrected chi connectivity index (χ3v) is 8.32. The number of pyridine rings is 1. The second-order valence-electron chi connectivity index (χ2n) is 10.8. The SMILES string of the molecule is COc1nc2c(N3CCNCC3)nc(OC[C@@]34CCCN3C[C@H](F)C4)nc2c(F)c1-c1ccc(F)c2oc(N)nc12. The molecular weight excluding hydrogens is 541 g/mol. The van der Waals surface area contributed by atoms with Crippen LogP contribution in [0.3, 0.4) is 0 Å². The van der Waals surface area contributed by atoms with E-state index in [4.69, 9.17) is 19.6 Å². The van der Waals surface area contributed by atoms with Gasteiger partial charge in [-0.3, -0.25) is 4.90 Å². The average molecular weight is 571 g/mol. The summed E-state index contributed by atoms with van der Waals surface area (Å²) in [5.74, 6) is -1.11. The van der Waals surface area contributed by atoms with Gasteiger partial charge in [-0.2, -0.15) is 15.0 Å². The van der Waals surface area contributed by atoms with Crippen molar-refractivity contribution in [2.24, 2.45) is 0 Å². The quantitative estimate of drug-likeness (QED) is 0.355. The Bertz CT molecular complexity index is 1650. The molecule has 2 atom stereocenters. The number of hydrogen-bond acceptors (Lipinski definition) is 11. The van der Waals surface area contributed by atoms with Crippen LogP contribution >= 0.6 is 0 Å². The van der Waals surface area contributed by atoms with E-state index in [1.807, 2.05) is 4.90 Å². The first-order chi connectivity index (χ1) is 19.9. The minimum Gasteiger partial charge on any atom is -0.480 e. The molecule has 0 amide bonds. The summed E-state index contributed by atoms with van der Waals surface area (Å²) in [4.78, 5) is 22.0. The highest BCUT2D eigenvalue weighted by Crippen LogP contribution is 2.43. The highest BCUT2D eigenvalue weighted by molar-refractivity contribution is 5.98. The molecule has 3 aliphatic rings. The minimum atomic E-state index is -0.914. The summed E-state index contributed by atoms with van der Waals surface area (Å²) in [6.45, 7) is 4.01. The number of nitrogens with one attached hydrogen (secondary N) is 1. The van der Waals surface area contributed by atoms with E-state index in [0.29, 0.717) is 45.0 Å². The van der Waals surface area contributed by atoms with Gasteiger partial charge in [-0.1, -0.05) is 0 Å². The van der Waals surface area contributed by atoms with Gasteiger partial charge in [0, 0.05) is 44.7 Å². The Morgan fingerprint density at radius 1 is 1.10 bits per heavy atom. The number of hydrogen-bond donors (Lipinski definition) is 2. The summed E-state index contributed by atoms with van der Waals surface area (Å²) in [7, 11) is 1.37. The van der Waals surface area contributed by atoms with Crippen LogP contribution < -0.4 is 25.4 Å². The van der Waals surface area contributed by atoms with Crippen LogP contribution in [0.4, 0.5) is 25.0 Å². The number of nitrogens with zero attached hydrogens (tertiary/aromatic N) is 6. The molecule has 6 heterocycles. The Morgan fingerprint density at radius 2 is 1.93 bits per heavy atom. The molecule has 4 aromatic rings. The Labute approximate surface area is 232 Å². The zero-order valence-corrected chi connectivity index (χ0v) is 22.4. The second-order valence-corrected chi connectivity index (χ2v) is 10.8. The van der Waals surface area contributed by atoms with Crippen molar-refractivity contribution in [1.29, 1.82) is 0 Å². The van der Waals surface area contributed by atoms with Crippen molar-refractivity contribution >= 4 is 34.0 Å². The van der Waals surface area contributed by atoms with E-state index in [2.05, 4.69) is 30.2 Å². The van der Waals surface area contributed by atoms with Crippen molar-refractivity contribution in [1.82, 2.24) is 30.2 Å². The lowest BCUT2D eigenvalue weighted by atomic mass is 9.95. The fourth-order valence-electron chi connectivity index (χ4n) is 6.43. The third kappa shape index (κ3) is 4.27. The molecule has 14 heteroatoms. The molecule has 1 aromatic carbocycles. The van der Waals surface area contributed by atoms with Crippen LogP contribution in [0.15, 0.2) is 16.5 Å². The molecule has 3 aromatic heterocycles. The summed E-state index contributed by atoms with van der Waals surface area (Å²) in [6, 6.07) is 2.21. The first kappa shape index (κ1) is 26.0. The molecule has 3 N–H and O–H groups in total. The van der Waals surface area contributed by atoms with Crippen LogP contribution in [0.5, 0.6) is 11.9 Å². The van der Waals surface area contributed by atoms with Crippen molar-refractivity contribution in [2.45, 2.75) is 31.0 Å². The van der Waals surface area contributed by atoms with Gasteiger partial charge in [0.1, 0.15) is 29.3 Å². The van der Waals surface area contributed by atoms with Gasteiger partial charge in [0.15, 0.2) is 23.0 Å². The molecule has 0 saturated carbocycles. The maximum Gasteiger partial charge on any atom is 0.319 e. The predicted octanol–water partition coefficient (Wildman–Crippen LogP) is 3.07. The molecule has 0 aliphatic carbocycles. The highest BCUT2D eigenvalue weighted by Gasteiger charge is 2.49. The third-order valence-electron chi connectivity index (χ3n) is 8.32. The molecule has 0 unspecified atom stereocenters. The Balaban J connectivity index is 1.38. The van der Waals surface area contributed by atoms with Crippen LogP contribution in [-0.4, -0.2) is 89.5 Å². The summed E-state index contributed by atoms with van der Waals surface area (Å²) in [6.07, 6.45) is 1.23. The number of anilines is 2. The van der Waals surface area contributed by atoms with Crippen LogP contribution in [0.2, 0.25) is 0 Å². The molecule has 41 heavy (non-hydrogen) atoms. The summed E-state index contributed by atoms with van der Waals surface area (Å²) >= 11 is 0. The van der Waals surface area contributed by atoms with Crippen LogP contribution in [-0.2, 0) is 0 Å². The van der Waals surface area contributed by atoms with Crippen molar-refractivity contribution in [3.63, 3.8) is 0 Å². The lowest BCUT2D eigenvalue weighted by Crippen LogP contribution is -2.44. The van der Waals surface area contributed by atoms with Gasteiger partial charge in [0.2, 0.25) is 5.88 Å². The minimum absolute atomic E-state index is 0.0242. The van der Waals surface area contributed by atoms with Crippen LogP contribution in [0, 0.1) is 11.6 Å².